The zero-order valence-corrected chi connectivity index (χ0v) is 14.2. The lowest BCUT2D eigenvalue weighted by Gasteiger charge is -2.37. The number of sulfone groups is 1. The molecule has 0 radical (unpaired) electrons. The Morgan fingerprint density at radius 1 is 1.10 bits per heavy atom. The van der Waals surface area contributed by atoms with Crippen molar-refractivity contribution in [3.63, 3.8) is 0 Å². The van der Waals surface area contributed by atoms with Crippen LogP contribution in [0.5, 0.6) is 0 Å². The minimum atomic E-state index is -3.35. The fourth-order valence-corrected chi connectivity index (χ4v) is 5.75. The van der Waals surface area contributed by atoms with Gasteiger partial charge in [0.05, 0.1) is 10.1 Å². The second kappa shape index (κ2) is 6.09. The second-order valence-corrected chi connectivity index (χ2v) is 9.06. The van der Waals surface area contributed by atoms with Gasteiger partial charge in [0.2, 0.25) is 0 Å². The summed E-state index contributed by atoms with van der Waals surface area (Å²) in [5.41, 5.74) is 7.34. The molecule has 21 heavy (non-hydrogen) atoms. The number of rotatable bonds is 3. The van der Waals surface area contributed by atoms with E-state index in [0.717, 1.165) is 18.4 Å². The number of hydrogen-bond donors (Lipinski definition) is 1. The number of nitrogens with two attached hydrogens (primary N) is 1. The third-order valence-corrected chi connectivity index (χ3v) is 7.13. The summed E-state index contributed by atoms with van der Waals surface area (Å²) in [5, 5.41) is -0.460. The Hall–Kier alpha value is -0.870. The van der Waals surface area contributed by atoms with E-state index in [0.29, 0.717) is 16.7 Å². The maximum absolute atomic E-state index is 12.9. The monoisotopic (exact) mass is 309 g/mol. The molecule has 2 N–H and O–H groups in total. The van der Waals surface area contributed by atoms with E-state index in [2.05, 4.69) is 20.8 Å². The molecule has 0 saturated heterocycles. The summed E-state index contributed by atoms with van der Waals surface area (Å²) in [6, 6.07) is 7.04. The van der Waals surface area contributed by atoms with E-state index >= 15 is 0 Å². The summed E-state index contributed by atoms with van der Waals surface area (Å²) in [7, 11) is -3.35. The average molecular weight is 309 g/mol. The zero-order valence-electron chi connectivity index (χ0n) is 13.4. The lowest BCUT2D eigenvalue weighted by Crippen LogP contribution is -2.49. The van der Waals surface area contributed by atoms with E-state index in [1.807, 2.05) is 19.1 Å². The molecule has 0 bridgehead atoms. The molecule has 1 saturated carbocycles. The first-order valence-corrected chi connectivity index (χ1v) is 9.37. The molecule has 3 nitrogen and oxygen atoms in total. The number of hydrogen-bond acceptors (Lipinski definition) is 3. The van der Waals surface area contributed by atoms with Crippen LogP contribution < -0.4 is 5.73 Å². The molecule has 4 heteroatoms. The molecule has 0 aliphatic heterocycles. The third kappa shape index (κ3) is 3.32. The van der Waals surface area contributed by atoms with Crippen molar-refractivity contribution < 1.29 is 8.42 Å². The molecular formula is C17H27NO2S. The van der Waals surface area contributed by atoms with E-state index in [1.165, 1.54) is 0 Å². The average Bonchev–Trinajstić information content (AvgIpc) is 2.37. The highest BCUT2D eigenvalue weighted by Crippen LogP contribution is 2.35. The Kier molecular flexibility index (Phi) is 4.79. The van der Waals surface area contributed by atoms with Gasteiger partial charge in [-0.3, -0.25) is 0 Å². The molecule has 1 fully saturated rings. The van der Waals surface area contributed by atoms with Crippen molar-refractivity contribution in [2.75, 3.05) is 0 Å². The van der Waals surface area contributed by atoms with Crippen LogP contribution in [0.25, 0.3) is 0 Å². The van der Waals surface area contributed by atoms with Gasteiger partial charge in [0.15, 0.2) is 9.84 Å². The van der Waals surface area contributed by atoms with Gasteiger partial charge in [0.1, 0.15) is 0 Å². The van der Waals surface area contributed by atoms with Gasteiger partial charge in [0, 0.05) is 6.04 Å². The van der Waals surface area contributed by atoms with Crippen molar-refractivity contribution in [1.82, 2.24) is 0 Å². The van der Waals surface area contributed by atoms with Crippen LogP contribution in [0.1, 0.15) is 52.0 Å². The first-order chi connectivity index (χ1) is 9.73. The van der Waals surface area contributed by atoms with Gasteiger partial charge in [0.25, 0.3) is 0 Å². The van der Waals surface area contributed by atoms with Crippen LogP contribution in [0.2, 0.25) is 0 Å². The maximum Gasteiger partial charge on any atom is 0.183 e. The normalized spacial score (nSPS) is 30.6. The Morgan fingerprint density at radius 3 is 2.14 bits per heavy atom. The Bertz CT molecular complexity index is 565. The fourth-order valence-electron chi connectivity index (χ4n) is 3.62. The summed E-state index contributed by atoms with van der Waals surface area (Å²) >= 11 is 0. The summed E-state index contributed by atoms with van der Waals surface area (Å²) in [4.78, 5) is 0.411. The molecule has 1 aliphatic carbocycles. The molecular weight excluding hydrogens is 282 g/mol. The van der Waals surface area contributed by atoms with Crippen molar-refractivity contribution in [2.45, 2.75) is 62.6 Å². The molecule has 0 heterocycles. The first-order valence-electron chi connectivity index (χ1n) is 7.83. The van der Waals surface area contributed by atoms with Crippen LogP contribution in [0, 0.1) is 11.8 Å². The molecule has 1 aliphatic rings. The predicted molar refractivity (Wildman–Crippen MR) is 87.0 cm³/mol. The number of benzene rings is 1. The van der Waals surface area contributed by atoms with Crippen LogP contribution in [-0.2, 0) is 9.84 Å². The smallest absolute Gasteiger partial charge is 0.183 e. The van der Waals surface area contributed by atoms with Crippen molar-refractivity contribution in [3.8, 4) is 0 Å². The Morgan fingerprint density at radius 2 is 1.67 bits per heavy atom. The van der Waals surface area contributed by atoms with Crippen LogP contribution in [0.3, 0.4) is 0 Å². The van der Waals surface area contributed by atoms with Crippen LogP contribution >= 0.6 is 0 Å². The highest BCUT2D eigenvalue weighted by molar-refractivity contribution is 7.92. The topological polar surface area (TPSA) is 60.2 Å². The van der Waals surface area contributed by atoms with Crippen LogP contribution in [0.15, 0.2) is 29.2 Å². The second-order valence-electron chi connectivity index (χ2n) is 6.95. The van der Waals surface area contributed by atoms with Gasteiger partial charge in [-0.1, -0.05) is 39.8 Å². The van der Waals surface area contributed by atoms with Crippen LogP contribution in [-0.4, -0.2) is 19.7 Å². The fraction of sp³-hybridized carbons (Fsp3) is 0.647. The largest absolute Gasteiger partial charge is 0.326 e. The van der Waals surface area contributed by atoms with Crippen LogP contribution in [0.4, 0.5) is 0 Å². The van der Waals surface area contributed by atoms with Gasteiger partial charge in [-0.25, -0.2) is 8.42 Å². The minimum Gasteiger partial charge on any atom is -0.326 e. The van der Waals surface area contributed by atoms with Gasteiger partial charge in [-0.15, -0.1) is 0 Å². The highest BCUT2D eigenvalue weighted by atomic mass is 32.2. The van der Waals surface area contributed by atoms with E-state index in [4.69, 9.17) is 5.73 Å². The van der Waals surface area contributed by atoms with Gasteiger partial charge in [-0.2, -0.15) is 0 Å². The van der Waals surface area contributed by atoms with E-state index in [-0.39, 0.29) is 12.0 Å². The zero-order chi connectivity index (χ0) is 15.8. The van der Waals surface area contributed by atoms with Crippen molar-refractivity contribution in [1.29, 1.82) is 0 Å². The molecule has 1 aromatic rings. The summed E-state index contributed by atoms with van der Waals surface area (Å²) in [6.07, 6.45) is 1.72. The molecule has 4 unspecified atom stereocenters. The molecule has 0 spiro atoms. The van der Waals surface area contributed by atoms with Crippen molar-refractivity contribution in [3.05, 3.63) is 29.8 Å². The summed E-state index contributed by atoms with van der Waals surface area (Å²) < 4.78 is 25.8. The van der Waals surface area contributed by atoms with Gasteiger partial charge < -0.3 is 5.73 Å². The van der Waals surface area contributed by atoms with Crippen molar-refractivity contribution >= 4 is 9.84 Å². The van der Waals surface area contributed by atoms with E-state index < -0.39 is 15.1 Å². The van der Waals surface area contributed by atoms with E-state index in [1.54, 1.807) is 12.1 Å². The minimum absolute atomic E-state index is 0.110. The molecule has 1 aromatic carbocycles. The molecule has 0 aromatic heterocycles. The van der Waals surface area contributed by atoms with Gasteiger partial charge in [-0.05, 0) is 48.3 Å². The molecule has 118 valence electrons. The van der Waals surface area contributed by atoms with E-state index in [9.17, 15) is 8.42 Å². The first kappa shape index (κ1) is 16.5. The van der Waals surface area contributed by atoms with Gasteiger partial charge >= 0.3 is 0 Å². The third-order valence-electron chi connectivity index (χ3n) is 4.67. The predicted octanol–water partition coefficient (Wildman–Crippen LogP) is 3.35. The summed E-state index contributed by atoms with van der Waals surface area (Å²) in [5.74, 6) is 1.02. The Balaban J connectivity index is 2.32. The van der Waals surface area contributed by atoms with Crippen molar-refractivity contribution in [2.24, 2.45) is 17.6 Å². The molecule has 2 rings (SSSR count). The summed E-state index contributed by atoms with van der Waals surface area (Å²) in [6.45, 7) is 8.37. The lowest BCUT2D eigenvalue weighted by molar-refractivity contribution is 0.271. The highest BCUT2D eigenvalue weighted by Gasteiger charge is 2.41. The lowest BCUT2D eigenvalue weighted by atomic mass is 9.80. The molecule has 4 atom stereocenters. The standard InChI is InChI=1S/C17H27NO2S/c1-11(2)14-5-7-15(8-6-14)21(19,20)17-13(4)9-12(3)10-16(17)18/h5-8,11-13,16-17H,9-10,18H2,1-4H3. The SMILES string of the molecule is CC1CC(C)C(S(=O)(=O)c2ccc(C(C)C)cc2)C(N)C1. The quantitative estimate of drug-likeness (QED) is 0.931. The Labute approximate surface area is 128 Å². The molecule has 0 amide bonds. The maximum atomic E-state index is 12.9.